The molecule has 9 heteroatoms. The molecule has 6 nitrogen and oxygen atoms in total. The Hall–Kier alpha value is -0.340. The fourth-order valence-corrected chi connectivity index (χ4v) is 0. The molecule has 0 radical (unpaired) electrons. The Labute approximate surface area is 81.5 Å². The molecule has 0 aliphatic rings. The number of hydrogen-bond acceptors (Lipinski definition) is 3. The third-order valence-corrected chi connectivity index (χ3v) is 0. The normalized spacial score (nSPS) is 5.46. The van der Waals surface area contributed by atoms with Crippen molar-refractivity contribution in [2.24, 2.45) is 0 Å². The monoisotopic (exact) mass is 251 g/mol. The van der Waals surface area contributed by atoms with Crippen LogP contribution in [0.2, 0.25) is 0 Å². The molecule has 13 heavy (non-hydrogen) atoms. The first-order chi connectivity index (χ1) is 6.24. The summed E-state index contributed by atoms with van der Waals surface area (Å²) in [7, 11) is -3.50. The van der Waals surface area contributed by atoms with Crippen LogP contribution in [0.3, 0.4) is 0 Å². The summed E-state index contributed by atoms with van der Waals surface area (Å²) < 4.78 is 25.5. The second kappa shape index (κ2) is 187. The molecular weight excluding hydrogens is 237 g/mol. The predicted octanol–water partition coefficient (Wildman–Crippen LogP) is 1.36. The van der Waals surface area contributed by atoms with Crippen molar-refractivity contribution in [3.63, 3.8) is 0 Å². The van der Waals surface area contributed by atoms with Crippen LogP contribution >= 0.6 is 26.1 Å². The van der Waals surface area contributed by atoms with E-state index >= 15 is 0 Å². The second-order valence-corrected chi connectivity index (χ2v) is 0.822. The van der Waals surface area contributed by atoms with Crippen LogP contribution in [0.15, 0.2) is 26.3 Å². The number of rotatable bonds is 0. The summed E-state index contributed by atoms with van der Waals surface area (Å²) in [6.07, 6.45) is 0. The van der Waals surface area contributed by atoms with Crippen LogP contribution in [-0.2, 0) is 13.7 Å². The van der Waals surface area contributed by atoms with Crippen LogP contribution in [0.25, 0.3) is 0 Å². The van der Waals surface area contributed by atoms with Gasteiger partial charge < -0.3 is 0 Å². The predicted molar refractivity (Wildman–Crippen MR) is 56.2 cm³/mol. The molecule has 0 aromatic carbocycles. The van der Waals surface area contributed by atoms with Crippen molar-refractivity contribution in [1.29, 1.82) is 0 Å². The van der Waals surface area contributed by atoms with E-state index in [-0.39, 0.29) is 0 Å². The maximum absolute atomic E-state index is 8.51. The van der Waals surface area contributed by atoms with Gasteiger partial charge in [-0.2, -0.15) is 14.7 Å². The highest BCUT2D eigenvalue weighted by molar-refractivity contribution is 7.16. The summed E-state index contributed by atoms with van der Waals surface area (Å²) in [5, 5.41) is 0. The highest BCUT2D eigenvalue weighted by atomic mass is 31.1. The molecule has 3 atom stereocenters. The van der Waals surface area contributed by atoms with Crippen molar-refractivity contribution in [2.75, 3.05) is 0 Å². The summed E-state index contributed by atoms with van der Waals surface area (Å²) in [4.78, 5) is 21.1. The topological polar surface area (TPSA) is 112 Å². The minimum absolute atomic E-state index is 1.17. The molecule has 0 saturated heterocycles. The van der Waals surface area contributed by atoms with E-state index in [2.05, 4.69) is 26.3 Å². The maximum atomic E-state index is 8.51. The van der Waals surface area contributed by atoms with E-state index in [1.165, 1.54) is 0 Å². The third-order valence-electron chi connectivity index (χ3n) is 0. The molecule has 0 bridgehead atoms. The van der Waals surface area contributed by atoms with Gasteiger partial charge in [-0.05, 0) is 13.7 Å². The first kappa shape index (κ1) is 29.3. The molecule has 0 fully saturated rings. The molecule has 0 spiro atoms. The van der Waals surface area contributed by atoms with Gasteiger partial charge in [0.15, 0.2) is 0 Å². The van der Waals surface area contributed by atoms with Gasteiger partial charge >= 0.3 is 26.1 Å². The summed E-state index contributed by atoms with van der Waals surface area (Å²) in [6.45, 7) is 12.0. The molecule has 0 saturated carbocycles. The maximum Gasteiger partial charge on any atom is 0.491 e. The number of hydrogen-bond donors (Lipinski definition) is 3. The van der Waals surface area contributed by atoms with Crippen LogP contribution in [0.1, 0.15) is 0 Å². The van der Waals surface area contributed by atoms with Crippen LogP contribution in [0.4, 0.5) is 0 Å². The SMILES string of the molecule is C=C.C=C.O=[PH+]O.O=[PH+]O.O=[PH+]O. The van der Waals surface area contributed by atoms with Crippen LogP contribution in [-0.4, -0.2) is 14.7 Å². The third kappa shape index (κ3) is 9410. The Morgan fingerprint density at radius 2 is 0.615 bits per heavy atom. The first-order valence-electron chi connectivity index (χ1n) is 2.28. The van der Waals surface area contributed by atoms with Gasteiger partial charge in [0, 0.05) is 0 Å². The fourth-order valence-electron chi connectivity index (χ4n) is 0. The summed E-state index contributed by atoms with van der Waals surface area (Å²) in [6, 6.07) is 0. The second-order valence-electron chi connectivity index (χ2n) is 0.274. The fraction of sp³-hybridized carbons (Fsp3) is 0. The highest BCUT2D eigenvalue weighted by Gasteiger charge is 1.45. The molecule has 0 amide bonds. The zero-order valence-corrected chi connectivity index (χ0v) is 9.89. The highest BCUT2D eigenvalue weighted by Crippen LogP contribution is 1.66. The molecule has 78 valence electrons. The Kier molecular flexibility index (Phi) is 423. The van der Waals surface area contributed by atoms with Crippen molar-refractivity contribution < 1.29 is 28.4 Å². The van der Waals surface area contributed by atoms with Crippen LogP contribution in [0, 0.1) is 0 Å². The van der Waals surface area contributed by atoms with Crippen molar-refractivity contribution in [2.45, 2.75) is 0 Å². The van der Waals surface area contributed by atoms with E-state index in [0.29, 0.717) is 0 Å². The molecule has 0 rings (SSSR count). The average Bonchev–Trinajstić information content (AvgIpc) is 2.14. The lowest BCUT2D eigenvalue weighted by Gasteiger charge is -1.08. The summed E-state index contributed by atoms with van der Waals surface area (Å²) in [5.41, 5.74) is 0. The van der Waals surface area contributed by atoms with Crippen molar-refractivity contribution in [3.05, 3.63) is 26.3 Å². The lowest BCUT2D eigenvalue weighted by molar-refractivity contribution is 0.523. The van der Waals surface area contributed by atoms with Crippen molar-refractivity contribution in [3.8, 4) is 0 Å². The van der Waals surface area contributed by atoms with E-state index in [0.717, 1.165) is 0 Å². The van der Waals surface area contributed by atoms with Gasteiger partial charge in [-0.1, -0.05) is 0 Å². The Morgan fingerprint density at radius 1 is 0.615 bits per heavy atom. The van der Waals surface area contributed by atoms with E-state index < -0.39 is 26.1 Å². The Bertz CT molecular complexity index is 73.7. The largest absolute Gasteiger partial charge is 0.491 e. The zero-order valence-electron chi connectivity index (χ0n) is 6.89. The van der Waals surface area contributed by atoms with Gasteiger partial charge in [0.2, 0.25) is 0 Å². The molecule has 0 aromatic rings. The summed E-state index contributed by atoms with van der Waals surface area (Å²) in [5.74, 6) is 0. The van der Waals surface area contributed by atoms with E-state index in [4.69, 9.17) is 28.4 Å². The molecule has 3 unspecified atom stereocenters. The van der Waals surface area contributed by atoms with Crippen molar-refractivity contribution >= 4 is 26.1 Å². The van der Waals surface area contributed by atoms with Gasteiger partial charge in [-0.25, -0.2) is 0 Å². The van der Waals surface area contributed by atoms with E-state index in [1.807, 2.05) is 0 Å². The van der Waals surface area contributed by atoms with E-state index in [9.17, 15) is 0 Å². The van der Waals surface area contributed by atoms with Gasteiger partial charge in [-0.3, -0.25) is 0 Å². The van der Waals surface area contributed by atoms with Gasteiger partial charge in [-0.15, -0.1) is 26.3 Å². The van der Waals surface area contributed by atoms with Gasteiger partial charge in [0.1, 0.15) is 0 Å². The Morgan fingerprint density at radius 3 is 0.615 bits per heavy atom. The molecule has 0 aromatic heterocycles. The quantitative estimate of drug-likeness (QED) is 0.442. The Balaban J connectivity index is -0.0000000208. The average molecular weight is 251 g/mol. The van der Waals surface area contributed by atoms with Gasteiger partial charge in [0.05, 0.1) is 0 Å². The standard InChI is InChI=1S/2C2H4.3HO2P/c2*1-2;3*1-3-2/h2*1-2H2;3*3H/p+3. The zero-order chi connectivity index (χ0) is 12.1. The molecule has 0 heterocycles. The van der Waals surface area contributed by atoms with Crippen LogP contribution < -0.4 is 0 Å². The minimum Gasteiger partial charge on any atom is -0.162 e. The summed E-state index contributed by atoms with van der Waals surface area (Å²) >= 11 is 0. The molecule has 0 aliphatic carbocycles. The van der Waals surface area contributed by atoms with E-state index in [1.54, 1.807) is 0 Å². The molecular formula is C4H14O6P3+3. The molecule has 3 N–H and O–H groups in total. The van der Waals surface area contributed by atoms with Crippen LogP contribution in [0.5, 0.6) is 0 Å². The first-order valence-corrected chi connectivity index (χ1v) is 4.85. The smallest absolute Gasteiger partial charge is 0.162 e. The van der Waals surface area contributed by atoms with Crippen molar-refractivity contribution in [1.82, 2.24) is 0 Å². The lowest BCUT2D eigenvalue weighted by atomic mass is 11.3. The minimum atomic E-state index is -1.17. The molecule has 0 aliphatic heterocycles. The van der Waals surface area contributed by atoms with Gasteiger partial charge in [0.25, 0.3) is 0 Å². The lowest BCUT2D eigenvalue weighted by Crippen LogP contribution is -1.03.